The topological polar surface area (TPSA) is 49.4 Å². The summed E-state index contributed by atoms with van der Waals surface area (Å²) >= 11 is 17.9. The average Bonchev–Trinajstić information content (AvgIpc) is 2.92. The highest BCUT2D eigenvalue weighted by atomic mass is 35.5. The monoisotopic (exact) mass is 382 g/mol. The number of nitrogens with one attached hydrogen (secondary N) is 1. The van der Waals surface area contributed by atoms with Crippen LogP contribution in [0.4, 0.5) is 11.4 Å². The van der Waals surface area contributed by atoms with Gasteiger partial charge >= 0.3 is 0 Å². The van der Waals surface area contributed by atoms with Gasteiger partial charge in [0.15, 0.2) is 0 Å². The smallest absolute Gasteiger partial charge is 0.229 e. The van der Waals surface area contributed by atoms with Crippen molar-refractivity contribution in [2.75, 3.05) is 16.8 Å². The summed E-state index contributed by atoms with van der Waals surface area (Å²) in [5.41, 5.74) is 1.16. The number of carbonyl (C=O) groups is 2. The van der Waals surface area contributed by atoms with Gasteiger partial charge < -0.3 is 10.2 Å². The van der Waals surface area contributed by atoms with E-state index in [1.807, 2.05) is 0 Å². The Bertz CT molecular complexity index is 810. The number of nitrogens with zero attached hydrogens (tertiary/aromatic N) is 1. The Hall–Kier alpha value is -1.75. The first kappa shape index (κ1) is 17.1. The van der Waals surface area contributed by atoms with E-state index in [4.69, 9.17) is 34.8 Å². The molecular formula is C17H13Cl3N2O2. The molecule has 1 N–H and O–H groups in total. The largest absolute Gasteiger partial charge is 0.324 e. The maximum atomic E-state index is 12.4. The van der Waals surface area contributed by atoms with E-state index in [9.17, 15) is 9.59 Å². The zero-order chi connectivity index (χ0) is 17.3. The van der Waals surface area contributed by atoms with E-state index in [1.54, 1.807) is 47.4 Å². The Morgan fingerprint density at radius 2 is 1.83 bits per heavy atom. The van der Waals surface area contributed by atoms with Crippen LogP contribution in [-0.2, 0) is 9.59 Å². The second kappa shape index (κ2) is 7.01. The molecule has 1 heterocycles. The second-order valence-electron chi connectivity index (χ2n) is 5.50. The number of benzene rings is 2. The molecule has 1 fully saturated rings. The molecule has 0 spiro atoms. The zero-order valence-corrected chi connectivity index (χ0v) is 14.7. The Kier molecular flexibility index (Phi) is 4.99. The van der Waals surface area contributed by atoms with Crippen LogP contribution in [0.3, 0.4) is 0 Å². The SMILES string of the molecule is O=C(Nc1ccc(Cl)cc1Cl)[C@H]1CC(=O)N(c2cccc(Cl)c2)C1. The van der Waals surface area contributed by atoms with Gasteiger partial charge in [-0.05, 0) is 36.4 Å². The van der Waals surface area contributed by atoms with Crippen LogP contribution in [0.15, 0.2) is 42.5 Å². The van der Waals surface area contributed by atoms with Crippen LogP contribution in [0.1, 0.15) is 6.42 Å². The molecule has 124 valence electrons. The van der Waals surface area contributed by atoms with E-state index in [0.29, 0.717) is 33.0 Å². The van der Waals surface area contributed by atoms with E-state index in [2.05, 4.69) is 5.32 Å². The van der Waals surface area contributed by atoms with Crippen molar-refractivity contribution in [1.82, 2.24) is 0 Å². The fourth-order valence-electron chi connectivity index (χ4n) is 2.60. The van der Waals surface area contributed by atoms with Gasteiger partial charge in [0.25, 0.3) is 0 Å². The third-order valence-corrected chi connectivity index (χ3v) is 4.59. The van der Waals surface area contributed by atoms with Crippen LogP contribution in [0.2, 0.25) is 15.1 Å². The molecule has 1 aliphatic rings. The number of halogens is 3. The van der Waals surface area contributed by atoms with Crippen molar-refractivity contribution in [3.8, 4) is 0 Å². The molecule has 0 aromatic heterocycles. The lowest BCUT2D eigenvalue weighted by Crippen LogP contribution is -2.28. The Labute approximate surface area is 154 Å². The zero-order valence-electron chi connectivity index (χ0n) is 12.4. The van der Waals surface area contributed by atoms with Crippen LogP contribution >= 0.6 is 34.8 Å². The first-order valence-corrected chi connectivity index (χ1v) is 8.39. The third-order valence-electron chi connectivity index (χ3n) is 3.80. The number of carbonyl (C=O) groups excluding carboxylic acids is 2. The van der Waals surface area contributed by atoms with Gasteiger partial charge in [-0.25, -0.2) is 0 Å². The molecule has 0 radical (unpaired) electrons. The number of hydrogen-bond acceptors (Lipinski definition) is 2. The molecule has 0 bridgehead atoms. The average molecular weight is 384 g/mol. The van der Waals surface area contributed by atoms with Gasteiger partial charge in [-0.1, -0.05) is 40.9 Å². The molecular weight excluding hydrogens is 371 g/mol. The van der Waals surface area contributed by atoms with Crippen LogP contribution < -0.4 is 10.2 Å². The predicted octanol–water partition coefficient (Wildman–Crippen LogP) is 4.64. The van der Waals surface area contributed by atoms with E-state index in [-0.39, 0.29) is 18.2 Å². The molecule has 3 rings (SSSR count). The normalized spacial score (nSPS) is 17.2. The quantitative estimate of drug-likeness (QED) is 0.839. The minimum absolute atomic E-state index is 0.111. The highest BCUT2D eigenvalue weighted by Crippen LogP contribution is 2.29. The van der Waals surface area contributed by atoms with Crippen molar-refractivity contribution < 1.29 is 9.59 Å². The lowest BCUT2D eigenvalue weighted by Gasteiger charge is -2.17. The molecule has 1 aliphatic heterocycles. The van der Waals surface area contributed by atoms with Crippen molar-refractivity contribution in [2.24, 2.45) is 5.92 Å². The van der Waals surface area contributed by atoms with E-state index in [1.165, 1.54) is 0 Å². The minimum atomic E-state index is -0.455. The fraction of sp³-hybridized carbons (Fsp3) is 0.176. The van der Waals surface area contributed by atoms with Crippen molar-refractivity contribution >= 4 is 58.0 Å². The van der Waals surface area contributed by atoms with Crippen LogP contribution in [0.5, 0.6) is 0 Å². The summed E-state index contributed by atoms with van der Waals surface area (Å²) < 4.78 is 0. The molecule has 0 saturated carbocycles. The molecule has 7 heteroatoms. The van der Waals surface area contributed by atoms with Crippen LogP contribution in [0.25, 0.3) is 0 Å². The number of hydrogen-bond donors (Lipinski definition) is 1. The molecule has 1 atom stereocenters. The summed E-state index contributed by atoms with van der Waals surface area (Å²) in [6, 6.07) is 11.8. The first-order valence-electron chi connectivity index (χ1n) is 7.26. The molecule has 2 amide bonds. The number of rotatable bonds is 3. The molecule has 1 saturated heterocycles. The van der Waals surface area contributed by atoms with Gasteiger partial charge in [0.1, 0.15) is 0 Å². The van der Waals surface area contributed by atoms with Gasteiger partial charge in [0.2, 0.25) is 11.8 Å². The van der Waals surface area contributed by atoms with Crippen LogP contribution in [0, 0.1) is 5.92 Å². The number of anilines is 2. The molecule has 24 heavy (non-hydrogen) atoms. The van der Waals surface area contributed by atoms with Gasteiger partial charge in [0, 0.05) is 28.7 Å². The minimum Gasteiger partial charge on any atom is -0.324 e. The van der Waals surface area contributed by atoms with E-state index >= 15 is 0 Å². The maximum Gasteiger partial charge on any atom is 0.229 e. The van der Waals surface area contributed by atoms with Crippen LogP contribution in [-0.4, -0.2) is 18.4 Å². The highest BCUT2D eigenvalue weighted by Gasteiger charge is 2.35. The summed E-state index contributed by atoms with van der Waals surface area (Å²) in [4.78, 5) is 26.2. The summed E-state index contributed by atoms with van der Waals surface area (Å²) in [5, 5.41) is 4.13. The van der Waals surface area contributed by atoms with E-state index < -0.39 is 5.92 Å². The summed E-state index contributed by atoms with van der Waals surface area (Å²) in [7, 11) is 0. The summed E-state index contributed by atoms with van der Waals surface area (Å²) in [6.45, 7) is 0.302. The van der Waals surface area contributed by atoms with Gasteiger partial charge in [-0.15, -0.1) is 0 Å². The third kappa shape index (κ3) is 3.66. The highest BCUT2D eigenvalue weighted by molar-refractivity contribution is 6.36. The summed E-state index contributed by atoms with van der Waals surface area (Å²) in [6.07, 6.45) is 0.142. The van der Waals surface area contributed by atoms with Gasteiger partial charge in [0.05, 0.1) is 16.6 Å². The van der Waals surface area contributed by atoms with Crippen molar-refractivity contribution in [1.29, 1.82) is 0 Å². The molecule has 0 aliphatic carbocycles. The van der Waals surface area contributed by atoms with E-state index in [0.717, 1.165) is 0 Å². The molecule has 2 aromatic carbocycles. The Morgan fingerprint density at radius 1 is 1.08 bits per heavy atom. The standard InChI is InChI=1S/C17H13Cl3N2O2/c18-11-2-1-3-13(7-11)22-9-10(6-16(22)23)17(24)21-15-5-4-12(19)8-14(15)20/h1-5,7-8,10H,6,9H2,(H,21,24)/t10-/m0/s1. The fourth-order valence-corrected chi connectivity index (χ4v) is 3.24. The molecule has 4 nitrogen and oxygen atoms in total. The summed E-state index contributed by atoms with van der Waals surface area (Å²) in [5.74, 6) is -0.819. The predicted molar refractivity (Wildman–Crippen MR) is 97.0 cm³/mol. The van der Waals surface area contributed by atoms with Crippen molar-refractivity contribution in [2.45, 2.75) is 6.42 Å². The molecule has 0 unspecified atom stereocenters. The maximum absolute atomic E-state index is 12.4. The lowest BCUT2D eigenvalue weighted by atomic mass is 10.1. The van der Waals surface area contributed by atoms with Gasteiger partial charge in [-0.2, -0.15) is 0 Å². The first-order chi connectivity index (χ1) is 11.4. The molecule has 2 aromatic rings. The lowest BCUT2D eigenvalue weighted by molar-refractivity contribution is -0.122. The van der Waals surface area contributed by atoms with Gasteiger partial charge in [-0.3, -0.25) is 9.59 Å². The Balaban J connectivity index is 1.72. The Morgan fingerprint density at radius 3 is 2.54 bits per heavy atom. The van der Waals surface area contributed by atoms with Crippen molar-refractivity contribution in [3.05, 3.63) is 57.5 Å². The second-order valence-corrected chi connectivity index (χ2v) is 6.78. The number of amides is 2. The van der Waals surface area contributed by atoms with Crippen molar-refractivity contribution in [3.63, 3.8) is 0 Å².